The summed E-state index contributed by atoms with van der Waals surface area (Å²) >= 11 is 0. The predicted molar refractivity (Wildman–Crippen MR) is 71.1 cm³/mol. The molecule has 18 heavy (non-hydrogen) atoms. The molecule has 0 saturated carbocycles. The molecule has 5 heteroatoms. The molecule has 1 N–H and O–H groups in total. The zero-order valence-corrected chi connectivity index (χ0v) is 11.1. The van der Waals surface area contributed by atoms with Gasteiger partial charge in [-0.1, -0.05) is 6.92 Å². The van der Waals surface area contributed by atoms with Crippen LogP contribution in [0.4, 0.5) is 0 Å². The van der Waals surface area contributed by atoms with Crippen LogP contribution < -0.4 is 5.32 Å². The Kier molecular flexibility index (Phi) is 4.52. The van der Waals surface area contributed by atoms with Gasteiger partial charge < -0.3 is 5.32 Å². The van der Waals surface area contributed by atoms with Gasteiger partial charge in [-0.3, -0.25) is 9.36 Å². The lowest BCUT2D eigenvalue weighted by Gasteiger charge is -2.07. The van der Waals surface area contributed by atoms with Crippen molar-refractivity contribution in [2.24, 2.45) is 7.05 Å². The SMILES string of the molecule is CCCn1nccc1CNCCc1ccn(C)n1. The zero-order chi connectivity index (χ0) is 12.8. The first-order valence-corrected chi connectivity index (χ1v) is 6.49. The van der Waals surface area contributed by atoms with Gasteiger partial charge in [-0.15, -0.1) is 0 Å². The molecule has 0 aliphatic heterocycles. The first-order chi connectivity index (χ1) is 8.79. The third-order valence-corrected chi connectivity index (χ3v) is 2.87. The second kappa shape index (κ2) is 6.35. The molecule has 0 aromatic carbocycles. The third kappa shape index (κ3) is 3.43. The van der Waals surface area contributed by atoms with E-state index >= 15 is 0 Å². The first kappa shape index (κ1) is 12.8. The van der Waals surface area contributed by atoms with Crippen LogP contribution >= 0.6 is 0 Å². The number of aryl methyl sites for hydroxylation is 2. The Bertz CT molecular complexity index is 471. The summed E-state index contributed by atoms with van der Waals surface area (Å²) in [6, 6.07) is 4.13. The fourth-order valence-electron chi connectivity index (χ4n) is 1.95. The van der Waals surface area contributed by atoms with E-state index in [2.05, 4.69) is 39.3 Å². The van der Waals surface area contributed by atoms with Gasteiger partial charge in [0.1, 0.15) is 0 Å². The van der Waals surface area contributed by atoms with E-state index in [1.165, 1.54) is 5.69 Å². The lowest BCUT2D eigenvalue weighted by Crippen LogP contribution is -2.19. The summed E-state index contributed by atoms with van der Waals surface area (Å²) in [5.74, 6) is 0. The second-order valence-corrected chi connectivity index (χ2v) is 4.45. The van der Waals surface area contributed by atoms with E-state index in [4.69, 9.17) is 0 Å². The van der Waals surface area contributed by atoms with Gasteiger partial charge in [-0.05, 0) is 18.6 Å². The minimum Gasteiger partial charge on any atom is -0.311 e. The normalized spacial score (nSPS) is 11.0. The van der Waals surface area contributed by atoms with Gasteiger partial charge in [0.05, 0.1) is 11.4 Å². The van der Waals surface area contributed by atoms with Crippen molar-refractivity contribution >= 4 is 0 Å². The van der Waals surface area contributed by atoms with Crippen molar-refractivity contribution in [3.05, 3.63) is 35.9 Å². The van der Waals surface area contributed by atoms with Crippen LogP contribution in [0.3, 0.4) is 0 Å². The summed E-state index contributed by atoms with van der Waals surface area (Å²) in [6.07, 6.45) is 5.92. The van der Waals surface area contributed by atoms with Gasteiger partial charge in [-0.2, -0.15) is 10.2 Å². The molecule has 0 unspecified atom stereocenters. The molecule has 2 aromatic rings. The number of rotatable bonds is 7. The van der Waals surface area contributed by atoms with Crippen LogP contribution in [-0.4, -0.2) is 26.1 Å². The van der Waals surface area contributed by atoms with E-state index in [-0.39, 0.29) is 0 Å². The molecular formula is C13H21N5. The van der Waals surface area contributed by atoms with E-state index in [0.717, 1.165) is 38.2 Å². The summed E-state index contributed by atoms with van der Waals surface area (Å²) in [4.78, 5) is 0. The molecule has 2 heterocycles. The summed E-state index contributed by atoms with van der Waals surface area (Å²) in [5.41, 5.74) is 2.38. The highest BCUT2D eigenvalue weighted by Crippen LogP contribution is 2.00. The number of nitrogens with one attached hydrogen (secondary N) is 1. The highest BCUT2D eigenvalue weighted by molar-refractivity contribution is 5.01. The molecule has 2 aromatic heterocycles. The highest BCUT2D eigenvalue weighted by Gasteiger charge is 2.01. The molecule has 0 aliphatic carbocycles. The Labute approximate surface area is 108 Å². The van der Waals surface area contributed by atoms with Crippen molar-refractivity contribution in [3.63, 3.8) is 0 Å². The van der Waals surface area contributed by atoms with E-state index in [1.807, 2.05) is 24.1 Å². The zero-order valence-electron chi connectivity index (χ0n) is 11.1. The molecule has 0 saturated heterocycles. The molecule has 0 fully saturated rings. The topological polar surface area (TPSA) is 47.7 Å². The highest BCUT2D eigenvalue weighted by atomic mass is 15.3. The van der Waals surface area contributed by atoms with Crippen molar-refractivity contribution in [1.82, 2.24) is 24.9 Å². The maximum absolute atomic E-state index is 4.35. The Morgan fingerprint density at radius 1 is 1.33 bits per heavy atom. The number of hydrogen-bond donors (Lipinski definition) is 1. The molecule has 2 rings (SSSR count). The van der Waals surface area contributed by atoms with Gasteiger partial charge in [0.15, 0.2) is 0 Å². The molecule has 0 atom stereocenters. The van der Waals surface area contributed by atoms with Crippen LogP contribution in [-0.2, 0) is 26.6 Å². The average Bonchev–Trinajstić information content (AvgIpc) is 2.95. The first-order valence-electron chi connectivity index (χ1n) is 6.49. The Morgan fingerprint density at radius 3 is 2.94 bits per heavy atom. The van der Waals surface area contributed by atoms with E-state index in [1.54, 1.807) is 0 Å². The van der Waals surface area contributed by atoms with Crippen molar-refractivity contribution in [3.8, 4) is 0 Å². The van der Waals surface area contributed by atoms with E-state index in [0.29, 0.717) is 0 Å². The molecule has 0 bridgehead atoms. The predicted octanol–water partition coefficient (Wildman–Crippen LogP) is 1.36. The van der Waals surface area contributed by atoms with Gasteiger partial charge in [0.2, 0.25) is 0 Å². The summed E-state index contributed by atoms with van der Waals surface area (Å²) in [7, 11) is 1.94. The lowest BCUT2D eigenvalue weighted by atomic mass is 10.3. The van der Waals surface area contributed by atoms with Gasteiger partial charge >= 0.3 is 0 Å². The van der Waals surface area contributed by atoms with Crippen LogP contribution in [0.2, 0.25) is 0 Å². The summed E-state index contributed by atoms with van der Waals surface area (Å²) < 4.78 is 3.90. The van der Waals surface area contributed by atoms with Gasteiger partial charge in [0.25, 0.3) is 0 Å². The van der Waals surface area contributed by atoms with Crippen LogP contribution in [0.25, 0.3) is 0 Å². The van der Waals surface area contributed by atoms with E-state index in [9.17, 15) is 0 Å². The average molecular weight is 247 g/mol. The van der Waals surface area contributed by atoms with Crippen LogP contribution in [0.5, 0.6) is 0 Å². The third-order valence-electron chi connectivity index (χ3n) is 2.87. The van der Waals surface area contributed by atoms with Crippen LogP contribution in [0.1, 0.15) is 24.7 Å². The molecule has 0 spiro atoms. The molecule has 0 amide bonds. The quantitative estimate of drug-likeness (QED) is 0.752. The minimum absolute atomic E-state index is 0.868. The lowest BCUT2D eigenvalue weighted by molar-refractivity contribution is 0.549. The Hall–Kier alpha value is -1.62. The van der Waals surface area contributed by atoms with Crippen LogP contribution in [0, 0.1) is 0 Å². The monoisotopic (exact) mass is 247 g/mol. The maximum atomic E-state index is 4.35. The van der Waals surface area contributed by atoms with Gasteiger partial charge in [-0.25, -0.2) is 0 Å². The number of hydrogen-bond acceptors (Lipinski definition) is 3. The largest absolute Gasteiger partial charge is 0.311 e. The van der Waals surface area contributed by atoms with Crippen molar-refractivity contribution in [2.45, 2.75) is 32.9 Å². The summed E-state index contributed by atoms with van der Waals surface area (Å²) in [6.45, 7) is 4.96. The van der Waals surface area contributed by atoms with Crippen molar-refractivity contribution in [1.29, 1.82) is 0 Å². The Morgan fingerprint density at radius 2 is 2.22 bits per heavy atom. The fraction of sp³-hybridized carbons (Fsp3) is 0.538. The Balaban J connectivity index is 1.73. The molecular weight excluding hydrogens is 226 g/mol. The van der Waals surface area contributed by atoms with Crippen molar-refractivity contribution < 1.29 is 0 Å². The van der Waals surface area contributed by atoms with Gasteiger partial charge in [0, 0.05) is 45.5 Å². The van der Waals surface area contributed by atoms with Crippen molar-refractivity contribution in [2.75, 3.05) is 6.54 Å². The molecule has 0 radical (unpaired) electrons. The summed E-state index contributed by atoms with van der Waals surface area (Å²) in [5, 5.41) is 12.1. The maximum Gasteiger partial charge on any atom is 0.0637 e. The second-order valence-electron chi connectivity index (χ2n) is 4.45. The number of nitrogens with zero attached hydrogens (tertiary/aromatic N) is 4. The molecule has 98 valence electrons. The fourth-order valence-corrected chi connectivity index (χ4v) is 1.95. The van der Waals surface area contributed by atoms with E-state index < -0.39 is 0 Å². The molecule has 5 nitrogen and oxygen atoms in total. The van der Waals surface area contributed by atoms with Crippen LogP contribution in [0.15, 0.2) is 24.5 Å². The number of aromatic nitrogens is 4. The molecule has 0 aliphatic rings. The minimum atomic E-state index is 0.868. The smallest absolute Gasteiger partial charge is 0.0637 e. The standard InChI is InChI=1S/C13H21N5/c1-3-9-18-13(5-8-15-18)11-14-7-4-12-6-10-17(2)16-12/h5-6,8,10,14H,3-4,7,9,11H2,1-2H3.